The number of pyridine rings is 1. The smallest absolute Gasteiger partial charge is 0.219 e. The van der Waals surface area contributed by atoms with Crippen LogP contribution in [0.1, 0.15) is 30.0 Å². The van der Waals surface area contributed by atoms with Crippen LogP contribution in [0.5, 0.6) is 0 Å². The van der Waals surface area contributed by atoms with Crippen molar-refractivity contribution in [2.45, 2.75) is 25.2 Å². The lowest BCUT2D eigenvalue weighted by Crippen LogP contribution is -3.00. The van der Waals surface area contributed by atoms with Crippen molar-refractivity contribution in [1.82, 2.24) is 0 Å². The van der Waals surface area contributed by atoms with Crippen LogP contribution in [0, 0.1) is 0 Å². The van der Waals surface area contributed by atoms with Crippen LogP contribution in [0.3, 0.4) is 0 Å². The predicted molar refractivity (Wildman–Crippen MR) is 166 cm³/mol. The molecular formula is C35H30INS2. The van der Waals surface area contributed by atoms with Gasteiger partial charge in [0.05, 0.1) is 10.1 Å². The van der Waals surface area contributed by atoms with Crippen LogP contribution in [0.25, 0.3) is 39.2 Å². The molecule has 1 aromatic heterocycles. The van der Waals surface area contributed by atoms with E-state index in [-0.39, 0.29) is 29.9 Å². The summed E-state index contributed by atoms with van der Waals surface area (Å²) < 4.78 is 3.57. The number of benzene rings is 4. The van der Waals surface area contributed by atoms with Crippen LogP contribution in [-0.4, -0.2) is 10.5 Å². The van der Waals surface area contributed by atoms with Gasteiger partial charge in [-0.3, -0.25) is 0 Å². The molecule has 0 spiro atoms. The highest BCUT2D eigenvalue weighted by Gasteiger charge is 2.37. The molecule has 1 atom stereocenters. The Bertz CT molecular complexity index is 1570. The molecule has 6 rings (SSSR count). The number of thioether (sulfide) groups is 1. The van der Waals surface area contributed by atoms with Crippen LogP contribution in [-0.2, 0) is 6.42 Å². The van der Waals surface area contributed by atoms with Crippen molar-refractivity contribution in [3.8, 4) is 39.2 Å². The molecule has 4 heteroatoms. The SMILES string of the molecule is CSC(=S)C1CCCc2c(-c3ccccc3)cc(-c3ccccc3)[n+](-c3ccc(-c4ccccc4)cc3)c21.[I-]. The molecule has 0 bridgehead atoms. The van der Waals surface area contributed by atoms with E-state index in [2.05, 4.69) is 132 Å². The van der Waals surface area contributed by atoms with Gasteiger partial charge in [0.25, 0.3) is 0 Å². The zero-order chi connectivity index (χ0) is 25.9. The second-order valence-electron chi connectivity index (χ2n) is 9.76. The van der Waals surface area contributed by atoms with Gasteiger partial charge in [0.2, 0.25) is 17.1 Å². The van der Waals surface area contributed by atoms with E-state index >= 15 is 0 Å². The summed E-state index contributed by atoms with van der Waals surface area (Å²) in [6.07, 6.45) is 5.41. The molecule has 0 amide bonds. The number of rotatable bonds is 5. The van der Waals surface area contributed by atoms with Gasteiger partial charge in [0, 0.05) is 29.3 Å². The van der Waals surface area contributed by atoms with E-state index in [9.17, 15) is 0 Å². The molecule has 39 heavy (non-hydrogen) atoms. The number of aromatic nitrogens is 1. The van der Waals surface area contributed by atoms with Crippen LogP contribution in [0.2, 0.25) is 0 Å². The van der Waals surface area contributed by atoms with Crippen molar-refractivity contribution in [3.05, 3.63) is 133 Å². The summed E-state index contributed by atoms with van der Waals surface area (Å²) >= 11 is 7.74. The zero-order valence-electron chi connectivity index (χ0n) is 21.9. The maximum atomic E-state index is 6.02. The fraction of sp³-hybridized carbons (Fsp3) is 0.143. The number of hydrogen-bond donors (Lipinski definition) is 0. The molecule has 1 aliphatic carbocycles. The molecule has 0 saturated heterocycles. The monoisotopic (exact) mass is 655 g/mol. The van der Waals surface area contributed by atoms with Crippen LogP contribution in [0.4, 0.5) is 0 Å². The lowest BCUT2D eigenvalue weighted by Gasteiger charge is -2.26. The number of nitrogens with zero attached hydrogens (tertiary/aromatic N) is 1. The van der Waals surface area contributed by atoms with Gasteiger partial charge in [-0.1, -0.05) is 91.1 Å². The molecule has 0 N–H and O–H groups in total. The highest BCUT2D eigenvalue weighted by atomic mass is 127. The van der Waals surface area contributed by atoms with E-state index in [4.69, 9.17) is 12.2 Å². The Morgan fingerprint density at radius 3 is 1.85 bits per heavy atom. The Morgan fingerprint density at radius 1 is 0.718 bits per heavy atom. The summed E-state index contributed by atoms with van der Waals surface area (Å²) in [5.41, 5.74) is 11.4. The Hall–Kier alpha value is -2.80. The third-order valence-corrected chi connectivity index (χ3v) is 8.99. The molecule has 1 aliphatic rings. The lowest BCUT2D eigenvalue weighted by atomic mass is 9.82. The van der Waals surface area contributed by atoms with Gasteiger partial charge in [-0.25, -0.2) is 0 Å². The highest BCUT2D eigenvalue weighted by molar-refractivity contribution is 8.22. The summed E-state index contributed by atoms with van der Waals surface area (Å²) in [5.74, 6) is 0.226. The normalized spacial score (nSPS) is 14.2. The Morgan fingerprint density at radius 2 is 1.26 bits per heavy atom. The molecule has 1 unspecified atom stereocenters. The van der Waals surface area contributed by atoms with Gasteiger partial charge in [-0.05, 0) is 72.0 Å². The molecule has 4 aromatic carbocycles. The fourth-order valence-electron chi connectivity index (χ4n) is 5.72. The molecule has 0 fully saturated rings. The van der Waals surface area contributed by atoms with Gasteiger partial charge < -0.3 is 24.0 Å². The minimum atomic E-state index is 0. The van der Waals surface area contributed by atoms with E-state index < -0.39 is 0 Å². The first-order chi connectivity index (χ1) is 18.7. The van der Waals surface area contributed by atoms with Gasteiger partial charge in [0.1, 0.15) is 0 Å². The average Bonchev–Trinajstić information content (AvgIpc) is 3.01. The molecule has 0 saturated carbocycles. The highest BCUT2D eigenvalue weighted by Crippen LogP contribution is 2.41. The summed E-state index contributed by atoms with van der Waals surface area (Å²) in [6.45, 7) is 0. The Balaban J connectivity index is 0.00000308. The molecule has 0 aliphatic heterocycles. The van der Waals surface area contributed by atoms with Crippen molar-refractivity contribution < 1.29 is 28.5 Å². The van der Waals surface area contributed by atoms with Crippen molar-refractivity contribution in [2.24, 2.45) is 0 Å². The predicted octanol–water partition coefficient (Wildman–Crippen LogP) is 6.08. The van der Waals surface area contributed by atoms with E-state index in [1.165, 1.54) is 50.5 Å². The standard InChI is InChI=1S/C35H30NS2.HI/c1-38-35(37)31-19-11-18-30-32(27-14-7-3-8-15-27)24-33(28-16-9-4-10-17-28)36(34(30)31)29-22-20-26(21-23-29)25-12-5-2-6-13-25;/h2-10,12-17,20-24,31H,11,18-19H2,1H3;1H/q+1;/p-1. The topological polar surface area (TPSA) is 3.88 Å². The molecule has 5 aromatic rings. The quantitative estimate of drug-likeness (QED) is 0.129. The first-order valence-electron chi connectivity index (χ1n) is 13.2. The molecular weight excluding hydrogens is 625 g/mol. The third kappa shape index (κ3) is 5.60. The van der Waals surface area contributed by atoms with Gasteiger partial charge in [-0.15, -0.1) is 11.8 Å². The second kappa shape index (κ2) is 12.6. The van der Waals surface area contributed by atoms with Crippen molar-refractivity contribution >= 4 is 28.2 Å². The van der Waals surface area contributed by atoms with Gasteiger partial charge in [-0.2, -0.15) is 4.57 Å². The number of fused-ring (bicyclic) bond motifs is 1. The Labute approximate surface area is 258 Å². The molecule has 0 radical (unpaired) electrons. The molecule has 194 valence electrons. The summed E-state index contributed by atoms with van der Waals surface area (Å²) in [4.78, 5) is 0. The number of hydrogen-bond acceptors (Lipinski definition) is 2. The van der Waals surface area contributed by atoms with Crippen molar-refractivity contribution in [3.63, 3.8) is 0 Å². The molecule has 1 nitrogen and oxygen atoms in total. The Kier molecular flexibility index (Phi) is 8.96. The van der Waals surface area contributed by atoms with Crippen LogP contribution in [0.15, 0.2) is 121 Å². The van der Waals surface area contributed by atoms with Gasteiger partial charge >= 0.3 is 0 Å². The van der Waals surface area contributed by atoms with Crippen LogP contribution < -0.4 is 28.5 Å². The van der Waals surface area contributed by atoms with Crippen LogP contribution >= 0.6 is 24.0 Å². The van der Waals surface area contributed by atoms with E-state index in [1.54, 1.807) is 11.8 Å². The van der Waals surface area contributed by atoms with E-state index in [0.717, 1.165) is 23.5 Å². The second-order valence-corrected chi connectivity index (χ2v) is 11.3. The fourth-order valence-corrected chi connectivity index (χ4v) is 6.46. The zero-order valence-corrected chi connectivity index (χ0v) is 25.7. The maximum Gasteiger partial charge on any atom is 0.219 e. The summed E-state index contributed by atoms with van der Waals surface area (Å²) in [7, 11) is 0. The van der Waals surface area contributed by atoms with Crippen molar-refractivity contribution in [2.75, 3.05) is 6.26 Å². The first kappa shape index (κ1) is 27.8. The van der Waals surface area contributed by atoms with Gasteiger partial charge in [0.15, 0.2) is 0 Å². The van der Waals surface area contributed by atoms with Crippen molar-refractivity contribution in [1.29, 1.82) is 0 Å². The largest absolute Gasteiger partial charge is 1.00 e. The number of thiocarbonyl (C=S) groups is 1. The lowest BCUT2D eigenvalue weighted by molar-refractivity contribution is -0.594. The van der Waals surface area contributed by atoms with E-state index in [1.807, 2.05) is 0 Å². The molecule has 1 heterocycles. The summed E-state index contributed by atoms with van der Waals surface area (Å²) in [6, 6.07) is 43.6. The first-order valence-corrected chi connectivity index (χ1v) is 14.8. The maximum absolute atomic E-state index is 6.02. The average molecular weight is 656 g/mol. The number of halogens is 1. The summed E-state index contributed by atoms with van der Waals surface area (Å²) in [5, 5.41) is 0. The van der Waals surface area contributed by atoms with E-state index in [0.29, 0.717) is 0 Å². The minimum absolute atomic E-state index is 0. The minimum Gasteiger partial charge on any atom is -1.00 e. The third-order valence-electron chi connectivity index (χ3n) is 7.52.